The molecule has 9 heteroatoms. The maximum Gasteiger partial charge on any atom is 0.321 e. The Hall–Kier alpha value is -1.38. The maximum absolute atomic E-state index is 11.9. The normalized spacial score (nSPS) is 24.0. The van der Waals surface area contributed by atoms with E-state index >= 15 is 0 Å². The number of carbonyl (C=O) groups is 1. The van der Waals surface area contributed by atoms with Crippen LogP contribution in [0.3, 0.4) is 0 Å². The molecule has 112 valence electrons. The van der Waals surface area contributed by atoms with Gasteiger partial charge >= 0.3 is 6.03 Å². The Morgan fingerprint density at radius 2 is 2.10 bits per heavy atom. The molecule has 0 radical (unpaired) electrons. The lowest BCUT2D eigenvalue weighted by Gasteiger charge is -2.13. The monoisotopic (exact) mass is 345 g/mol. The molecule has 1 aromatic heterocycles. The molecule has 21 heavy (non-hydrogen) atoms. The van der Waals surface area contributed by atoms with E-state index in [1.54, 1.807) is 0 Å². The van der Waals surface area contributed by atoms with Crippen LogP contribution in [-0.4, -0.2) is 42.4 Å². The lowest BCUT2D eigenvalue weighted by molar-refractivity contribution is 0.249. The lowest BCUT2D eigenvalue weighted by Crippen LogP contribution is -2.42. The fraction of sp³-hybridized carbons (Fsp3) is 0.333. The number of amides is 2. The maximum atomic E-state index is 11.9. The van der Waals surface area contributed by atoms with E-state index in [2.05, 4.69) is 15.6 Å². The average Bonchev–Trinajstić information content (AvgIpc) is 2.89. The first kappa shape index (κ1) is 14.6. The number of para-hydroxylation sites is 1. The van der Waals surface area contributed by atoms with E-state index in [1.807, 2.05) is 24.3 Å². The number of carbonyl (C=O) groups excluding carboxylic acids is 1. The highest BCUT2D eigenvalue weighted by molar-refractivity contribution is 7.91. The van der Waals surface area contributed by atoms with Gasteiger partial charge in [-0.25, -0.2) is 18.2 Å². The number of sulfone groups is 1. The van der Waals surface area contributed by atoms with Crippen LogP contribution < -0.4 is 10.6 Å². The minimum atomic E-state index is -3.17. The van der Waals surface area contributed by atoms with Gasteiger partial charge in [-0.05, 0) is 12.1 Å². The van der Waals surface area contributed by atoms with E-state index in [9.17, 15) is 13.2 Å². The molecule has 0 unspecified atom stereocenters. The van der Waals surface area contributed by atoms with Crippen LogP contribution in [0, 0.1) is 0 Å². The zero-order valence-electron chi connectivity index (χ0n) is 10.7. The van der Waals surface area contributed by atoms with E-state index in [-0.39, 0.29) is 11.5 Å². The van der Waals surface area contributed by atoms with Gasteiger partial charge in [0.25, 0.3) is 0 Å². The van der Waals surface area contributed by atoms with Crippen LogP contribution in [0.25, 0.3) is 10.2 Å². The van der Waals surface area contributed by atoms with Crippen molar-refractivity contribution in [2.75, 3.05) is 16.8 Å². The highest BCUT2D eigenvalue weighted by atomic mass is 35.5. The number of hydrogen-bond acceptors (Lipinski definition) is 5. The molecule has 2 heterocycles. The largest absolute Gasteiger partial charge is 0.333 e. The minimum absolute atomic E-state index is 0.110. The number of nitrogens with zero attached hydrogens (tertiary/aromatic N) is 1. The number of nitrogens with one attached hydrogen (secondary N) is 2. The third-order valence-corrected chi connectivity index (χ3v) is 6.44. The molecule has 3 rings (SSSR count). The summed E-state index contributed by atoms with van der Waals surface area (Å²) in [6, 6.07) is 6.45. The van der Waals surface area contributed by atoms with Gasteiger partial charge in [0.05, 0.1) is 33.1 Å². The van der Waals surface area contributed by atoms with Crippen LogP contribution >= 0.6 is 22.9 Å². The Kier molecular flexibility index (Phi) is 3.76. The summed E-state index contributed by atoms with van der Waals surface area (Å²) in [5.74, 6) is -0.241. The van der Waals surface area contributed by atoms with E-state index in [1.165, 1.54) is 11.3 Å². The minimum Gasteiger partial charge on any atom is -0.333 e. The summed E-state index contributed by atoms with van der Waals surface area (Å²) in [7, 11) is -3.17. The number of anilines is 1. The number of hydrogen-bond donors (Lipinski definition) is 2. The molecule has 2 aromatic rings. The fourth-order valence-corrected chi connectivity index (χ4v) is 5.57. The van der Waals surface area contributed by atoms with Crippen LogP contribution in [0.2, 0.25) is 0 Å². The topological polar surface area (TPSA) is 88.2 Å². The lowest BCUT2D eigenvalue weighted by atomic mass is 10.2. The third kappa shape index (κ3) is 3.28. The van der Waals surface area contributed by atoms with Gasteiger partial charge in [-0.1, -0.05) is 23.5 Å². The van der Waals surface area contributed by atoms with Gasteiger partial charge in [-0.2, -0.15) is 0 Å². The molecule has 2 amide bonds. The van der Waals surface area contributed by atoms with E-state index in [4.69, 9.17) is 11.6 Å². The Balaban J connectivity index is 1.66. The number of thiazole rings is 1. The van der Waals surface area contributed by atoms with Crippen molar-refractivity contribution in [3.05, 3.63) is 24.3 Å². The second kappa shape index (κ2) is 5.43. The molecule has 0 spiro atoms. The zero-order chi connectivity index (χ0) is 15.0. The predicted octanol–water partition coefficient (Wildman–Crippen LogP) is 1.82. The first-order valence-corrected chi connectivity index (χ1v) is 9.28. The van der Waals surface area contributed by atoms with Crippen molar-refractivity contribution in [3.8, 4) is 0 Å². The van der Waals surface area contributed by atoms with Crippen molar-refractivity contribution in [1.82, 2.24) is 10.3 Å². The summed E-state index contributed by atoms with van der Waals surface area (Å²) in [6.07, 6.45) is 0. The van der Waals surface area contributed by atoms with Gasteiger partial charge in [-0.3, -0.25) is 5.32 Å². The molecule has 1 saturated heterocycles. The summed E-state index contributed by atoms with van der Waals surface area (Å²) in [4.78, 5) is 16.2. The molecule has 1 aromatic carbocycles. The third-order valence-electron chi connectivity index (χ3n) is 3.11. The number of urea groups is 1. The Bertz CT molecular complexity index is 757. The molecule has 1 aliphatic heterocycles. The van der Waals surface area contributed by atoms with Gasteiger partial charge in [0, 0.05) is 0 Å². The SMILES string of the molecule is O=C(Nc1nc2ccccc2s1)N[C@@H]1CS(=O)(=O)C[C@H]1Cl. The molecule has 2 atom stereocenters. The summed E-state index contributed by atoms with van der Waals surface area (Å²) >= 11 is 7.29. The molecule has 2 N–H and O–H groups in total. The van der Waals surface area contributed by atoms with E-state index in [0.29, 0.717) is 5.13 Å². The van der Waals surface area contributed by atoms with Gasteiger partial charge < -0.3 is 5.32 Å². The molecule has 0 saturated carbocycles. The van der Waals surface area contributed by atoms with E-state index < -0.39 is 27.3 Å². The summed E-state index contributed by atoms with van der Waals surface area (Å²) in [5.41, 5.74) is 0.802. The Morgan fingerprint density at radius 1 is 1.33 bits per heavy atom. The predicted molar refractivity (Wildman–Crippen MR) is 83.9 cm³/mol. The van der Waals surface area contributed by atoms with Crippen molar-refractivity contribution in [2.24, 2.45) is 0 Å². The van der Waals surface area contributed by atoms with Crippen molar-refractivity contribution in [2.45, 2.75) is 11.4 Å². The second-order valence-electron chi connectivity index (χ2n) is 4.78. The number of rotatable bonds is 2. The molecular formula is C12H12ClN3O3S2. The average molecular weight is 346 g/mol. The second-order valence-corrected chi connectivity index (χ2v) is 8.53. The van der Waals surface area contributed by atoms with Crippen LogP contribution in [0.5, 0.6) is 0 Å². The highest BCUT2D eigenvalue weighted by Crippen LogP contribution is 2.25. The van der Waals surface area contributed by atoms with Crippen molar-refractivity contribution in [1.29, 1.82) is 0 Å². The molecule has 6 nitrogen and oxygen atoms in total. The van der Waals surface area contributed by atoms with Crippen LogP contribution in [-0.2, 0) is 9.84 Å². The first-order chi connectivity index (χ1) is 9.93. The molecule has 1 fully saturated rings. The first-order valence-electron chi connectivity index (χ1n) is 6.20. The molecule has 0 bridgehead atoms. The quantitative estimate of drug-likeness (QED) is 0.813. The summed E-state index contributed by atoms with van der Waals surface area (Å²) < 4.78 is 23.8. The molecule has 0 aliphatic carbocycles. The smallest absolute Gasteiger partial charge is 0.321 e. The number of aromatic nitrogens is 1. The van der Waals surface area contributed by atoms with Gasteiger partial charge in [-0.15, -0.1) is 11.6 Å². The number of benzene rings is 1. The van der Waals surface area contributed by atoms with Crippen molar-refractivity contribution < 1.29 is 13.2 Å². The Morgan fingerprint density at radius 3 is 2.76 bits per heavy atom. The number of halogens is 1. The number of alkyl halides is 1. The standard InChI is InChI=1S/C12H12ClN3O3S2/c13-7-5-21(18,19)6-9(7)14-11(17)16-12-15-8-3-1-2-4-10(8)20-12/h1-4,7,9H,5-6H2,(H2,14,15,16,17)/t7-,9-/m1/s1. The van der Waals surface area contributed by atoms with Crippen LogP contribution in [0.1, 0.15) is 0 Å². The van der Waals surface area contributed by atoms with Crippen molar-refractivity contribution in [3.63, 3.8) is 0 Å². The van der Waals surface area contributed by atoms with Gasteiger partial charge in [0.15, 0.2) is 15.0 Å². The Labute approximate surface area is 130 Å². The van der Waals surface area contributed by atoms with Gasteiger partial charge in [0.2, 0.25) is 0 Å². The summed E-state index contributed by atoms with van der Waals surface area (Å²) in [5, 5.41) is 5.05. The molecule has 1 aliphatic rings. The number of fused-ring (bicyclic) bond motifs is 1. The fourth-order valence-electron chi connectivity index (χ4n) is 2.16. The van der Waals surface area contributed by atoms with Crippen LogP contribution in [0.15, 0.2) is 24.3 Å². The van der Waals surface area contributed by atoms with Gasteiger partial charge in [0.1, 0.15) is 0 Å². The van der Waals surface area contributed by atoms with Crippen molar-refractivity contribution >= 4 is 54.2 Å². The van der Waals surface area contributed by atoms with Crippen LogP contribution in [0.4, 0.5) is 9.93 Å². The summed E-state index contributed by atoms with van der Waals surface area (Å²) in [6.45, 7) is 0. The highest BCUT2D eigenvalue weighted by Gasteiger charge is 2.37. The van der Waals surface area contributed by atoms with E-state index in [0.717, 1.165) is 10.2 Å². The molecular weight excluding hydrogens is 334 g/mol. The zero-order valence-corrected chi connectivity index (χ0v) is 13.1.